The Morgan fingerprint density at radius 2 is 2.06 bits per heavy atom. The summed E-state index contributed by atoms with van der Waals surface area (Å²) in [6.07, 6.45) is 7.28. The Kier molecular flexibility index (Phi) is 6.42. The molecule has 1 aromatic rings. The molecular formula is C10H18IN3O2S. The van der Waals surface area contributed by atoms with Gasteiger partial charge in [0.25, 0.3) is 10.0 Å². The number of hydrogen-bond acceptors (Lipinski definition) is 3. The minimum absolute atomic E-state index is 0.0901. The number of sulfonamides is 1. The van der Waals surface area contributed by atoms with Gasteiger partial charge in [-0.05, 0) is 17.3 Å². The highest BCUT2D eigenvalue weighted by molar-refractivity contribution is 14.1. The van der Waals surface area contributed by atoms with Gasteiger partial charge in [-0.15, -0.1) is 0 Å². The van der Waals surface area contributed by atoms with E-state index in [0.717, 1.165) is 23.7 Å². The predicted molar refractivity (Wildman–Crippen MR) is 75.8 cm³/mol. The van der Waals surface area contributed by atoms with E-state index in [9.17, 15) is 8.42 Å². The van der Waals surface area contributed by atoms with Crippen molar-refractivity contribution in [1.82, 2.24) is 14.3 Å². The van der Waals surface area contributed by atoms with Gasteiger partial charge in [0.1, 0.15) is 0 Å². The van der Waals surface area contributed by atoms with Crippen molar-refractivity contribution in [1.29, 1.82) is 0 Å². The molecule has 1 aromatic heterocycles. The second kappa shape index (κ2) is 7.32. The van der Waals surface area contributed by atoms with Crippen molar-refractivity contribution in [3.8, 4) is 0 Å². The molecule has 0 aromatic carbocycles. The second-order valence-electron chi connectivity index (χ2n) is 3.88. The van der Waals surface area contributed by atoms with Crippen LogP contribution in [0, 0.1) is 0 Å². The largest absolute Gasteiger partial charge is 0.339 e. The van der Waals surface area contributed by atoms with Crippen LogP contribution in [0.5, 0.6) is 0 Å². The first-order valence-corrected chi connectivity index (χ1v) is 8.61. The number of nitrogens with zero attached hydrogens (tertiary/aromatic N) is 2. The lowest BCUT2D eigenvalue weighted by Crippen LogP contribution is -2.25. The maximum atomic E-state index is 11.7. The van der Waals surface area contributed by atoms with E-state index < -0.39 is 10.0 Å². The van der Waals surface area contributed by atoms with E-state index in [-0.39, 0.29) is 5.03 Å². The Hall–Kier alpha value is -0.150. The molecule has 7 heteroatoms. The molecule has 98 valence electrons. The van der Waals surface area contributed by atoms with Crippen molar-refractivity contribution < 1.29 is 8.42 Å². The van der Waals surface area contributed by atoms with Crippen LogP contribution >= 0.6 is 22.6 Å². The van der Waals surface area contributed by atoms with E-state index in [4.69, 9.17) is 0 Å². The number of aromatic nitrogens is 2. The number of aryl methyl sites for hydroxylation is 1. The van der Waals surface area contributed by atoms with Crippen LogP contribution in [-0.4, -0.2) is 28.9 Å². The minimum atomic E-state index is -3.42. The van der Waals surface area contributed by atoms with Crippen LogP contribution in [0.1, 0.15) is 25.7 Å². The quantitative estimate of drug-likeness (QED) is 0.430. The molecular weight excluding hydrogens is 353 g/mol. The normalized spacial score (nSPS) is 11.9. The molecule has 0 unspecified atom stereocenters. The molecule has 0 fully saturated rings. The van der Waals surface area contributed by atoms with Gasteiger partial charge in [-0.25, -0.2) is 18.1 Å². The lowest BCUT2D eigenvalue weighted by Gasteiger charge is -2.03. The van der Waals surface area contributed by atoms with Crippen LogP contribution in [0.25, 0.3) is 0 Å². The van der Waals surface area contributed by atoms with Gasteiger partial charge >= 0.3 is 0 Å². The molecule has 0 amide bonds. The zero-order chi connectivity index (χ0) is 12.7. The summed E-state index contributed by atoms with van der Waals surface area (Å²) in [6.45, 7) is 0.486. The Bertz CT molecular complexity index is 431. The first-order valence-electron chi connectivity index (χ1n) is 5.60. The van der Waals surface area contributed by atoms with Gasteiger partial charge < -0.3 is 4.57 Å². The van der Waals surface area contributed by atoms with Crippen LogP contribution in [-0.2, 0) is 17.1 Å². The second-order valence-corrected chi connectivity index (χ2v) is 6.67. The number of unbranched alkanes of at least 4 members (excludes halogenated alkanes) is 3. The summed E-state index contributed by atoms with van der Waals surface area (Å²) in [5.41, 5.74) is 0. The van der Waals surface area contributed by atoms with Crippen molar-refractivity contribution >= 4 is 32.6 Å². The number of nitrogens with one attached hydrogen (secondary N) is 1. The summed E-state index contributed by atoms with van der Waals surface area (Å²) in [4.78, 5) is 3.83. The number of hydrogen-bond donors (Lipinski definition) is 1. The first-order chi connectivity index (χ1) is 8.06. The molecule has 0 spiro atoms. The smallest absolute Gasteiger partial charge is 0.259 e. The molecule has 0 aliphatic rings. The molecule has 1 N–H and O–H groups in total. The summed E-state index contributed by atoms with van der Waals surface area (Å²) in [7, 11) is -1.67. The van der Waals surface area contributed by atoms with Crippen LogP contribution < -0.4 is 4.72 Å². The van der Waals surface area contributed by atoms with Gasteiger partial charge in [0.15, 0.2) is 5.03 Å². The monoisotopic (exact) mass is 371 g/mol. The minimum Gasteiger partial charge on any atom is -0.339 e. The van der Waals surface area contributed by atoms with Crippen LogP contribution in [0.15, 0.2) is 17.6 Å². The van der Waals surface area contributed by atoms with Crippen LogP contribution in [0.3, 0.4) is 0 Å². The third-order valence-corrected chi connectivity index (χ3v) is 4.42. The van der Waals surface area contributed by atoms with E-state index in [1.165, 1.54) is 18.9 Å². The standard InChI is InChI=1S/C10H18IN3O2S/c1-14-8-10(12-9-14)17(15,16)13-7-5-3-2-4-6-11/h8-9,13H,2-7H2,1H3. The fraction of sp³-hybridized carbons (Fsp3) is 0.700. The zero-order valence-corrected chi connectivity index (χ0v) is 12.9. The maximum Gasteiger partial charge on any atom is 0.259 e. The van der Waals surface area contributed by atoms with Crippen molar-refractivity contribution in [3.63, 3.8) is 0 Å². The average Bonchev–Trinajstić information content (AvgIpc) is 2.71. The van der Waals surface area contributed by atoms with Gasteiger partial charge in [-0.1, -0.05) is 35.4 Å². The highest BCUT2D eigenvalue weighted by Gasteiger charge is 2.15. The molecule has 0 saturated heterocycles. The molecule has 5 nitrogen and oxygen atoms in total. The Morgan fingerprint density at radius 1 is 1.35 bits per heavy atom. The molecule has 17 heavy (non-hydrogen) atoms. The number of imidazole rings is 1. The zero-order valence-electron chi connectivity index (χ0n) is 9.89. The van der Waals surface area contributed by atoms with Crippen molar-refractivity contribution in [2.45, 2.75) is 30.7 Å². The average molecular weight is 371 g/mol. The van der Waals surface area contributed by atoms with Crippen molar-refractivity contribution in [3.05, 3.63) is 12.5 Å². The van der Waals surface area contributed by atoms with Gasteiger partial charge in [0, 0.05) is 19.8 Å². The molecule has 0 bridgehead atoms. The molecule has 1 rings (SSSR count). The van der Waals surface area contributed by atoms with E-state index in [2.05, 4.69) is 32.3 Å². The Labute approximate surface area is 116 Å². The highest BCUT2D eigenvalue weighted by atomic mass is 127. The maximum absolute atomic E-state index is 11.7. The summed E-state index contributed by atoms with van der Waals surface area (Å²) < 4.78 is 28.8. The third-order valence-electron chi connectivity index (χ3n) is 2.31. The summed E-state index contributed by atoms with van der Waals surface area (Å²) >= 11 is 2.35. The SMILES string of the molecule is Cn1cnc(S(=O)(=O)NCCCCCCI)c1. The van der Waals surface area contributed by atoms with Crippen LogP contribution in [0.4, 0.5) is 0 Å². The lowest BCUT2D eigenvalue weighted by molar-refractivity contribution is 0.571. The molecule has 0 aliphatic heterocycles. The lowest BCUT2D eigenvalue weighted by atomic mass is 10.2. The summed E-state index contributed by atoms with van der Waals surface area (Å²) in [6, 6.07) is 0. The summed E-state index contributed by atoms with van der Waals surface area (Å²) in [5, 5.41) is 0.0901. The fourth-order valence-electron chi connectivity index (χ4n) is 1.38. The highest BCUT2D eigenvalue weighted by Crippen LogP contribution is 2.05. The van der Waals surface area contributed by atoms with E-state index >= 15 is 0 Å². The Balaban J connectivity index is 2.31. The molecule has 0 saturated carbocycles. The molecule has 1 heterocycles. The van der Waals surface area contributed by atoms with E-state index in [0.29, 0.717) is 6.54 Å². The van der Waals surface area contributed by atoms with Gasteiger partial charge in [-0.3, -0.25) is 0 Å². The summed E-state index contributed by atoms with van der Waals surface area (Å²) in [5.74, 6) is 0. The number of rotatable bonds is 8. The van der Waals surface area contributed by atoms with E-state index in [1.807, 2.05) is 0 Å². The predicted octanol–water partition coefficient (Wildman–Crippen LogP) is 1.69. The van der Waals surface area contributed by atoms with E-state index in [1.54, 1.807) is 11.6 Å². The van der Waals surface area contributed by atoms with Crippen molar-refractivity contribution in [2.75, 3.05) is 11.0 Å². The molecule has 0 radical (unpaired) electrons. The molecule has 0 aliphatic carbocycles. The third kappa shape index (κ3) is 5.35. The first kappa shape index (κ1) is 14.9. The van der Waals surface area contributed by atoms with Gasteiger partial charge in [0.05, 0.1) is 6.33 Å². The Morgan fingerprint density at radius 3 is 2.65 bits per heavy atom. The fourth-order valence-corrected chi connectivity index (χ4v) is 2.97. The van der Waals surface area contributed by atoms with Crippen LogP contribution in [0.2, 0.25) is 0 Å². The van der Waals surface area contributed by atoms with Gasteiger partial charge in [-0.2, -0.15) is 0 Å². The number of halogens is 1. The molecule has 0 atom stereocenters. The topological polar surface area (TPSA) is 64.0 Å². The van der Waals surface area contributed by atoms with Gasteiger partial charge in [0.2, 0.25) is 0 Å². The number of alkyl halides is 1. The van der Waals surface area contributed by atoms with Crippen molar-refractivity contribution in [2.24, 2.45) is 7.05 Å².